The highest BCUT2D eigenvalue weighted by Gasteiger charge is 2.31. The summed E-state index contributed by atoms with van der Waals surface area (Å²) < 4.78 is 12.3. The van der Waals surface area contributed by atoms with E-state index in [-0.39, 0.29) is 6.29 Å². The molecule has 2 fully saturated rings. The fraction of sp³-hybridized carbons (Fsp3) is 0.636. The normalized spacial score (nSPS) is 25.0. The third-order valence-corrected chi connectivity index (χ3v) is 8.48. The van der Waals surface area contributed by atoms with Crippen LogP contribution >= 0.6 is 0 Å². The van der Waals surface area contributed by atoms with Crippen molar-refractivity contribution in [3.63, 3.8) is 0 Å². The van der Waals surface area contributed by atoms with Gasteiger partial charge in [-0.25, -0.2) is 0 Å². The second-order valence-electron chi connectivity index (χ2n) is 11.2. The number of benzene rings is 2. The van der Waals surface area contributed by atoms with Crippen LogP contribution in [-0.4, -0.2) is 19.5 Å². The number of rotatable bonds is 12. The van der Waals surface area contributed by atoms with Gasteiger partial charge < -0.3 is 9.47 Å². The van der Waals surface area contributed by atoms with Gasteiger partial charge in [0.05, 0.1) is 13.2 Å². The van der Waals surface area contributed by atoms with Gasteiger partial charge in [0.1, 0.15) is 0 Å². The summed E-state index contributed by atoms with van der Waals surface area (Å²) >= 11 is 0. The maximum absolute atomic E-state index is 6.16. The molecule has 1 heterocycles. The van der Waals surface area contributed by atoms with E-state index in [0.29, 0.717) is 5.92 Å². The van der Waals surface area contributed by atoms with Crippen molar-refractivity contribution in [2.24, 2.45) is 17.8 Å². The molecule has 2 heteroatoms. The van der Waals surface area contributed by atoms with Crippen molar-refractivity contribution in [2.45, 2.75) is 104 Å². The summed E-state index contributed by atoms with van der Waals surface area (Å²) in [6.07, 6.45) is 16.7. The van der Waals surface area contributed by atoms with Gasteiger partial charge in [0, 0.05) is 5.92 Å². The molecule has 1 saturated carbocycles. The molecule has 1 aliphatic carbocycles. The molecule has 35 heavy (non-hydrogen) atoms. The quantitative estimate of drug-likeness (QED) is 0.304. The van der Waals surface area contributed by atoms with E-state index in [9.17, 15) is 0 Å². The number of hydrogen-bond donors (Lipinski definition) is 0. The Kier molecular flexibility index (Phi) is 10.7. The van der Waals surface area contributed by atoms with Crippen molar-refractivity contribution in [3.8, 4) is 11.1 Å². The molecule has 1 aliphatic heterocycles. The molecule has 2 nitrogen and oxygen atoms in total. The summed E-state index contributed by atoms with van der Waals surface area (Å²) in [6.45, 7) is 6.37. The Hall–Kier alpha value is -1.64. The predicted molar refractivity (Wildman–Crippen MR) is 148 cm³/mol. The summed E-state index contributed by atoms with van der Waals surface area (Å²) in [4.78, 5) is 0. The third-order valence-electron chi connectivity index (χ3n) is 8.48. The third kappa shape index (κ3) is 8.19. The monoisotopic (exact) mass is 476 g/mol. The molecule has 4 rings (SSSR count). The molecule has 0 unspecified atom stereocenters. The van der Waals surface area contributed by atoms with Gasteiger partial charge in [0.25, 0.3) is 0 Å². The lowest BCUT2D eigenvalue weighted by Gasteiger charge is -2.37. The standard InChI is InChI=1S/C33H48O2/c1-3-5-8-26-12-18-29(19-13-26)30-20-14-28(15-21-30)10-7-11-33-34-24-32(25-35-33)31-22-16-27(17-23-31)9-6-4-2/h12-15,18-21,27,31-33H,3-11,16-17,22-25H2,1-2H3. The number of unbranched alkanes of at least 4 members (excludes halogenated alkanes) is 2. The van der Waals surface area contributed by atoms with Crippen molar-refractivity contribution in [1.82, 2.24) is 0 Å². The van der Waals surface area contributed by atoms with E-state index in [0.717, 1.165) is 44.3 Å². The first-order valence-corrected chi connectivity index (χ1v) is 14.7. The highest BCUT2D eigenvalue weighted by Crippen LogP contribution is 2.37. The van der Waals surface area contributed by atoms with Gasteiger partial charge in [-0.3, -0.25) is 0 Å². The highest BCUT2D eigenvalue weighted by molar-refractivity contribution is 5.64. The van der Waals surface area contributed by atoms with Crippen LogP contribution in [0, 0.1) is 17.8 Å². The van der Waals surface area contributed by atoms with Crippen LogP contribution in [0.25, 0.3) is 11.1 Å². The molecule has 0 spiro atoms. The first-order valence-electron chi connectivity index (χ1n) is 14.7. The van der Waals surface area contributed by atoms with Gasteiger partial charge in [-0.1, -0.05) is 101 Å². The van der Waals surface area contributed by atoms with Gasteiger partial charge >= 0.3 is 0 Å². The van der Waals surface area contributed by atoms with Crippen LogP contribution in [0.4, 0.5) is 0 Å². The first-order chi connectivity index (χ1) is 17.2. The number of ether oxygens (including phenoxy) is 2. The lowest BCUT2D eigenvalue weighted by atomic mass is 9.75. The average Bonchev–Trinajstić information content (AvgIpc) is 2.92. The first kappa shape index (κ1) is 26.4. The Morgan fingerprint density at radius 3 is 1.69 bits per heavy atom. The predicted octanol–water partition coefficient (Wildman–Crippen LogP) is 9.00. The molecule has 192 valence electrons. The van der Waals surface area contributed by atoms with Crippen molar-refractivity contribution in [3.05, 3.63) is 59.7 Å². The summed E-state index contributed by atoms with van der Waals surface area (Å²) in [5.74, 6) is 2.42. The van der Waals surface area contributed by atoms with Crippen molar-refractivity contribution < 1.29 is 9.47 Å². The molecule has 0 atom stereocenters. The minimum absolute atomic E-state index is 0.00219. The minimum atomic E-state index is -0.00219. The van der Waals surface area contributed by atoms with E-state index in [2.05, 4.69) is 62.4 Å². The SMILES string of the molecule is CCCCc1ccc(-c2ccc(CCCC3OCC(C4CCC(CCCC)CC4)CO3)cc2)cc1. The zero-order valence-electron chi connectivity index (χ0n) is 22.4. The summed E-state index contributed by atoms with van der Waals surface area (Å²) in [6, 6.07) is 18.2. The van der Waals surface area contributed by atoms with E-state index in [1.165, 1.54) is 86.5 Å². The fourth-order valence-corrected chi connectivity index (χ4v) is 6.02. The average molecular weight is 477 g/mol. The summed E-state index contributed by atoms with van der Waals surface area (Å²) in [7, 11) is 0. The Morgan fingerprint density at radius 1 is 0.600 bits per heavy atom. The van der Waals surface area contributed by atoms with Crippen LogP contribution < -0.4 is 0 Å². The van der Waals surface area contributed by atoms with Crippen LogP contribution in [0.3, 0.4) is 0 Å². The molecule has 2 aliphatic rings. The molecule has 0 radical (unpaired) electrons. The fourth-order valence-electron chi connectivity index (χ4n) is 6.02. The molecule has 0 amide bonds. The maximum atomic E-state index is 6.16. The van der Waals surface area contributed by atoms with Crippen LogP contribution in [0.1, 0.15) is 95.6 Å². The molecule has 0 bridgehead atoms. The van der Waals surface area contributed by atoms with Gasteiger partial charge in [0.15, 0.2) is 6.29 Å². The lowest BCUT2D eigenvalue weighted by molar-refractivity contribution is -0.212. The largest absolute Gasteiger partial charge is 0.352 e. The van der Waals surface area contributed by atoms with Crippen LogP contribution in [0.5, 0.6) is 0 Å². The number of hydrogen-bond acceptors (Lipinski definition) is 2. The van der Waals surface area contributed by atoms with Crippen molar-refractivity contribution in [2.75, 3.05) is 13.2 Å². The molecule has 0 N–H and O–H groups in total. The number of aryl methyl sites for hydroxylation is 2. The molecule has 2 aromatic rings. The minimum Gasteiger partial charge on any atom is -0.352 e. The van der Waals surface area contributed by atoms with Gasteiger partial charge in [-0.15, -0.1) is 0 Å². The molecule has 1 saturated heterocycles. The summed E-state index contributed by atoms with van der Waals surface area (Å²) in [5.41, 5.74) is 5.47. The Balaban J connectivity index is 1.13. The van der Waals surface area contributed by atoms with Crippen LogP contribution in [-0.2, 0) is 22.3 Å². The van der Waals surface area contributed by atoms with Gasteiger partial charge in [0.2, 0.25) is 0 Å². The Bertz CT molecular complexity index is 824. The zero-order valence-corrected chi connectivity index (χ0v) is 22.4. The van der Waals surface area contributed by atoms with Gasteiger partial charge in [-0.05, 0) is 79.0 Å². The maximum Gasteiger partial charge on any atom is 0.157 e. The van der Waals surface area contributed by atoms with Crippen molar-refractivity contribution >= 4 is 0 Å². The van der Waals surface area contributed by atoms with Crippen LogP contribution in [0.2, 0.25) is 0 Å². The lowest BCUT2D eigenvalue weighted by Crippen LogP contribution is -2.37. The smallest absolute Gasteiger partial charge is 0.157 e. The summed E-state index contributed by atoms with van der Waals surface area (Å²) in [5, 5.41) is 0. The zero-order chi connectivity index (χ0) is 24.3. The second-order valence-corrected chi connectivity index (χ2v) is 11.2. The molecule has 2 aromatic carbocycles. The van der Waals surface area contributed by atoms with E-state index >= 15 is 0 Å². The van der Waals surface area contributed by atoms with E-state index in [4.69, 9.17) is 9.47 Å². The van der Waals surface area contributed by atoms with E-state index in [1.54, 1.807) is 0 Å². The Labute approximate surface area is 214 Å². The Morgan fingerprint density at radius 2 is 1.14 bits per heavy atom. The van der Waals surface area contributed by atoms with E-state index < -0.39 is 0 Å². The molecular formula is C33H48O2. The van der Waals surface area contributed by atoms with E-state index in [1.807, 2.05) is 0 Å². The van der Waals surface area contributed by atoms with Crippen molar-refractivity contribution in [1.29, 1.82) is 0 Å². The molecule has 0 aromatic heterocycles. The van der Waals surface area contributed by atoms with Crippen LogP contribution in [0.15, 0.2) is 48.5 Å². The van der Waals surface area contributed by atoms with Gasteiger partial charge in [-0.2, -0.15) is 0 Å². The molecular weight excluding hydrogens is 428 g/mol. The topological polar surface area (TPSA) is 18.5 Å². The highest BCUT2D eigenvalue weighted by atomic mass is 16.7. The second kappa shape index (κ2) is 14.2.